The highest BCUT2D eigenvalue weighted by Crippen LogP contribution is 2.30. The van der Waals surface area contributed by atoms with Crippen molar-refractivity contribution in [3.8, 4) is 5.75 Å². The van der Waals surface area contributed by atoms with Gasteiger partial charge in [-0.05, 0) is 42.5 Å². The number of rotatable bonds is 4. The van der Waals surface area contributed by atoms with Crippen molar-refractivity contribution in [2.24, 2.45) is 0 Å². The fraction of sp³-hybridized carbons (Fsp3) is 0.125. The van der Waals surface area contributed by atoms with Gasteiger partial charge >= 0.3 is 5.97 Å². The molecule has 3 rings (SSSR count). The Kier molecular flexibility index (Phi) is 4.32. The number of sulfonamides is 1. The lowest BCUT2D eigenvalue weighted by molar-refractivity contribution is -0.118. The van der Waals surface area contributed by atoms with Crippen molar-refractivity contribution >= 4 is 33.3 Å². The molecule has 0 fully saturated rings. The first-order chi connectivity index (χ1) is 11.9. The van der Waals surface area contributed by atoms with E-state index in [0.29, 0.717) is 17.0 Å². The third-order valence-corrected chi connectivity index (χ3v) is 4.83. The second kappa shape index (κ2) is 6.44. The average molecular weight is 362 g/mol. The molecule has 2 aromatic rings. The summed E-state index contributed by atoms with van der Waals surface area (Å²) < 4.78 is 37.2. The summed E-state index contributed by atoms with van der Waals surface area (Å²) in [5.74, 6) is -0.464. The third-order valence-electron chi connectivity index (χ3n) is 3.45. The van der Waals surface area contributed by atoms with E-state index in [1.807, 2.05) is 0 Å². The quantitative estimate of drug-likeness (QED) is 0.800. The number of anilines is 2. The number of esters is 1. The Labute approximate surface area is 143 Å². The smallest absolute Gasteiger partial charge is 0.337 e. The van der Waals surface area contributed by atoms with Crippen molar-refractivity contribution in [1.29, 1.82) is 0 Å². The molecule has 0 saturated heterocycles. The molecule has 9 heteroatoms. The van der Waals surface area contributed by atoms with Crippen LogP contribution in [0.2, 0.25) is 0 Å². The number of ether oxygens (including phenoxy) is 2. The Bertz CT molecular complexity index is 938. The van der Waals surface area contributed by atoms with Gasteiger partial charge in [0.2, 0.25) is 0 Å². The first kappa shape index (κ1) is 16.8. The molecule has 1 heterocycles. The number of benzene rings is 2. The number of carbonyl (C=O) groups is 2. The maximum Gasteiger partial charge on any atom is 0.337 e. The van der Waals surface area contributed by atoms with E-state index in [-0.39, 0.29) is 23.1 Å². The largest absolute Gasteiger partial charge is 0.482 e. The predicted octanol–water partition coefficient (Wildman–Crippen LogP) is 1.60. The number of amides is 1. The lowest BCUT2D eigenvalue weighted by Crippen LogP contribution is -2.25. The van der Waals surface area contributed by atoms with E-state index in [0.717, 1.165) is 0 Å². The van der Waals surface area contributed by atoms with Gasteiger partial charge in [0.25, 0.3) is 15.9 Å². The van der Waals surface area contributed by atoms with Crippen LogP contribution in [0.4, 0.5) is 11.4 Å². The topological polar surface area (TPSA) is 111 Å². The van der Waals surface area contributed by atoms with E-state index in [2.05, 4.69) is 14.8 Å². The van der Waals surface area contributed by atoms with Gasteiger partial charge in [0, 0.05) is 5.69 Å². The van der Waals surface area contributed by atoms with Crippen LogP contribution in [0.1, 0.15) is 10.4 Å². The van der Waals surface area contributed by atoms with E-state index in [4.69, 9.17) is 4.74 Å². The first-order valence-electron chi connectivity index (χ1n) is 7.17. The second-order valence-corrected chi connectivity index (χ2v) is 6.85. The molecule has 1 amide bonds. The van der Waals surface area contributed by atoms with Gasteiger partial charge in [0.15, 0.2) is 6.61 Å². The van der Waals surface area contributed by atoms with Gasteiger partial charge in [-0.1, -0.05) is 0 Å². The molecule has 1 aliphatic rings. The minimum absolute atomic E-state index is 0.0332. The molecule has 2 aromatic carbocycles. The molecule has 0 unspecified atom stereocenters. The van der Waals surface area contributed by atoms with Gasteiger partial charge in [-0.3, -0.25) is 9.52 Å². The summed E-state index contributed by atoms with van der Waals surface area (Å²) in [5.41, 5.74) is 0.880. The molecule has 0 aromatic heterocycles. The van der Waals surface area contributed by atoms with Gasteiger partial charge in [-0.25, -0.2) is 13.2 Å². The van der Waals surface area contributed by atoms with Crippen LogP contribution in [0.3, 0.4) is 0 Å². The standard InChI is InChI=1S/C16H14N2O6S/c1-23-16(20)10-2-4-11(5-3-10)18-25(21,22)12-6-7-14-13(8-12)17-15(19)9-24-14/h2-8,18H,9H2,1H3,(H,17,19). The van der Waals surface area contributed by atoms with Crippen molar-refractivity contribution < 1.29 is 27.5 Å². The Morgan fingerprint density at radius 3 is 2.60 bits per heavy atom. The van der Waals surface area contributed by atoms with Crippen LogP contribution in [0, 0.1) is 0 Å². The summed E-state index contributed by atoms with van der Waals surface area (Å²) >= 11 is 0. The number of hydrogen-bond acceptors (Lipinski definition) is 6. The van der Waals surface area contributed by atoms with Gasteiger partial charge in [-0.2, -0.15) is 0 Å². The van der Waals surface area contributed by atoms with Gasteiger partial charge in [0.05, 0.1) is 23.3 Å². The molecule has 1 aliphatic heterocycles. The minimum Gasteiger partial charge on any atom is -0.482 e. The molecule has 0 saturated carbocycles. The highest BCUT2D eigenvalue weighted by atomic mass is 32.2. The minimum atomic E-state index is -3.88. The molecular weight excluding hydrogens is 348 g/mol. The van der Waals surface area contributed by atoms with Crippen molar-refractivity contribution in [2.75, 3.05) is 23.8 Å². The molecule has 0 spiro atoms. The summed E-state index contributed by atoms with van der Waals surface area (Å²) in [4.78, 5) is 22.7. The second-order valence-electron chi connectivity index (χ2n) is 5.17. The molecular formula is C16H14N2O6S. The zero-order chi connectivity index (χ0) is 18.0. The van der Waals surface area contributed by atoms with E-state index in [1.54, 1.807) is 0 Å². The zero-order valence-corrected chi connectivity index (χ0v) is 13.9. The number of hydrogen-bond donors (Lipinski definition) is 2. The maximum absolute atomic E-state index is 12.5. The molecule has 25 heavy (non-hydrogen) atoms. The van der Waals surface area contributed by atoms with Crippen LogP contribution in [0.15, 0.2) is 47.4 Å². The molecule has 0 atom stereocenters. The number of carbonyl (C=O) groups excluding carboxylic acids is 2. The molecule has 2 N–H and O–H groups in total. The molecule has 130 valence electrons. The molecule has 0 bridgehead atoms. The fourth-order valence-electron chi connectivity index (χ4n) is 2.24. The number of methoxy groups -OCH3 is 1. The maximum atomic E-state index is 12.5. The Balaban J connectivity index is 1.83. The SMILES string of the molecule is COC(=O)c1ccc(NS(=O)(=O)c2ccc3c(c2)NC(=O)CO3)cc1. The lowest BCUT2D eigenvalue weighted by Gasteiger charge is -2.18. The summed E-state index contributed by atoms with van der Waals surface area (Å²) in [6.07, 6.45) is 0. The zero-order valence-electron chi connectivity index (χ0n) is 13.1. The van der Waals surface area contributed by atoms with Gasteiger partial charge < -0.3 is 14.8 Å². The van der Waals surface area contributed by atoms with E-state index in [1.165, 1.54) is 49.6 Å². The van der Waals surface area contributed by atoms with Gasteiger partial charge in [-0.15, -0.1) is 0 Å². The van der Waals surface area contributed by atoms with Crippen LogP contribution < -0.4 is 14.8 Å². The van der Waals surface area contributed by atoms with Crippen LogP contribution >= 0.6 is 0 Å². The van der Waals surface area contributed by atoms with Crippen LogP contribution in [-0.2, 0) is 19.6 Å². The lowest BCUT2D eigenvalue weighted by atomic mass is 10.2. The highest BCUT2D eigenvalue weighted by Gasteiger charge is 2.21. The van der Waals surface area contributed by atoms with Crippen LogP contribution in [0.25, 0.3) is 0 Å². The van der Waals surface area contributed by atoms with Crippen molar-refractivity contribution in [1.82, 2.24) is 0 Å². The van der Waals surface area contributed by atoms with E-state index >= 15 is 0 Å². The summed E-state index contributed by atoms with van der Waals surface area (Å²) in [6.45, 7) is -0.107. The van der Waals surface area contributed by atoms with Gasteiger partial charge in [0.1, 0.15) is 5.75 Å². The van der Waals surface area contributed by atoms with Crippen LogP contribution in [-0.4, -0.2) is 34.0 Å². The monoisotopic (exact) mass is 362 g/mol. The summed E-state index contributed by atoms with van der Waals surface area (Å²) in [6, 6.07) is 9.97. The Morgan fingerprint density at radius 1 is 1.20 bits per heavy atom. The van der Waals surface area contributed by atoms with Crippen molar-refractivity contribution in [2.45, 2.75) is 4.90 Å². The summed E-state index contributed by atoms with van der Waals surface area (Å²) in [7, 11) is -2.61. The van der Waals surface area contributed by atoms with Crippen LogP contribution in [0.5, 0.6) is 5.75 Å². The molecule has 0 aliphatic carbocycles. The van der Waals surface area contributed by atoms with E-state index < -0.39 is 16.0 Å². The molecule has 0 radical (unpaired) electrons. The van der Waals surface area contributed by atoms with E-state index in [9.17, 15) is 18.0 Å². The Morgan fingerprint density at radius 2 is 1.92 bits per heavy atom. The number of fused-ring (bicyclic) bond motifs is 1. The Hall–Kier alpha value is -3.07. The highest BCUT2D eigenvalue weighted by molar-refractivity contribution is 7.92. The predicted molar refractivity (Wildman–Crippen MR) is 89.2 cm³/mol. The number of nitrogens with one attached hydrogen (secondary N) is 2. The molecule has 8 nitrogen and oxygen atoms in total. The first-order valence-corrected chi connectivity index (χ1v) is 8.65. The fourth-order valence-corrected chi connectivity index (χ4v) is 3.32. The normalized spacial score (nSPS) is 13.2. The summed E-state index contributed by atoms with van der Waals surface area (Å²) in [5, 5.41) is 2.56. The average Bonchev–Trinajstić information content (AvgIpc) is 2.60. The van der Waals surface area contributed by atoms with Crippen molar-refractivity contribution in [3.63, 3.8) is 0 Å². The van der Waals surface area contributed by atoms with Crippen molar-refractivity contribution in [3.05, 3.63) is 48.0 Å². The third kappa shape index (κ3) is 3.56.